The fraction of sp³-hybridized carbons (Fsp3) is 0.312. The van der Waals surface area contributed by atoms with Gasteiger partial charge in [-0.3, -0.25) is 4.68 Å². The van der Waals surface area contributed by atoms with Gasteiger partial charge in [-0.25, -0.2) is 0 Å². The normalized spacial score (nSPS) is 11.0. The Labute approximate surface area is 124 Å². The lowest BCUT2D eigenvalue weighted by Crippen LogP contribution is -2.05. The van der Waals surface area contributed by atoms with Crippen LogP contribution in [0.3, 0.4) is 0 Å². The predicted molar refractivity (Wildman–Crippen MR) is 84.2 cm³/mol. The van der Waals surface area contributed by atoms with E-state index in [2.05, 4.69) is 45.9 Å². The molecule has 5 nitrogen and oxygen atoms in total. The Morgan fingerprint density at radius 2 is 1.90 bits per heavy atom. The molecule has 0 bridgehead atoms. The van der Waals surface area contributed by atoms with E-state index in [0.717, 1.165) is 34.4 Å². The third-order valence-corrected chi connectivity index (χ3v) is 3.64. The van der Waals surface area contributed by atoms with E-state index < -0.39 is 0 Å². The number of benzene rings is 1. The van der Waals surface area contributed by atoms with E-state index in [9.17, 15) is 0 Å². The van der Waals surface area contributed by atoms with Crippen molar-refractivity contribution in [2.75, 3.05) is 5.32 Å². The molecule has 0 unspecified atom stereocenters. The van der Waals surface area contributed by atoms with Crippen molar-refractivity contribution < 1.29 is 0 Å². The van der Waals surface area contributed by atoms with Crippen molar-refractivity contribution in [2.24, 2.45) is 7.05 Å². The Morgan fingerprint density at radius 1 is 1.14 bits per heavy atom. The molecule has 0 amide bonds. The number of hydrogen-bond acceptors (Lipinski definition) is 4. The molecule has 1 N–H and O–H groups in total. The molecule has 3 rings (SSSR count). The van der Waals surface area contributed by atoms with E-state index in [-0.39, 0.29) is 0 Å². The van der Waals surface area contributed by atoms with Gasteiger partial charge >= 0.3 is 0 Å². The van der Waals surface area contributed by atoms with E-state index in [4.69, 9.17) is 0 Å². The number of aryl methyl sites for hydroxylation is 3. The lowest BCUT2D eigenvalue weighted by Gasteiger charge is -2.09. The summed E-state index contributed by atoms with van der Waals surface area (Å²) in [6.07, 6.45) is 2.98. The second-order valence-corrected chi connectivity index (χ2v) is 5.16. The van der Waals surface area contributed by atoms with Gasteiger partial charge in [-0.05, 0) is 13.3 Å². The molecule has 1 aromatic carbocycles. The molecule has 0 aliphatic heterocycles. The zero-order valence-electron chi connectivity index (χ0n) is 12.6. The highest BCUT2D eigenvalue weighted by molar-refractivity contribution is 5.92. The van der Waals surface area contributed by atoms with E-state index in [1.165, 1.54) is 5.56 Å². The van der Waals surface area contributed by atoms with Crippen LogP contribution in [-0.2, 0) is 20.0 Å². The maximum atomic E-state index is 4.46. The summed E-state index contributed by atoms with van der Waals surface area (Å²) < 4.78 is 1.86. The molecule has 0 spiro atoms. The van der Waals surface area contributed by atoms with Crippen molar-refractivity contribution in [3.05, 3.63) is 47.4 Å². The third kappa shape index (κ3) is 2.59. The first kappa shape index (κ1) is 13.5. The number of aromatic nitrogens is 4. The number of nitrogens with one attached hydrogen (secondary N) is 1. The van der Waals surface area contributed by atoms with Gasteiger partial charge in [-0.15, -0.1) is 5.10 Å². The Balaban J connectivity index is 1.90. The first-order valence-electron chi connectivity index (χ1n) is 7.16. The van der Waals surface area contributed by atoms with Gasteiger partial charge in [0.1, 0.15) is 0 Å². The monoisotopic (exact) mass is 281 g/mol. The molecule has 5 heteroatoms. The summed E-state index contributed by atoms with van der Waals surface area (Å²) in [6, 6.07) is 8.20. The fourth-order valence-electron chi connectivity index (χ4n) is 2.58. The molecule has 2 heterocycles. The van der Waals surface area contributed by atoms with Crippen molar-refractivity contribution in [3.8, 4) is 0 Å². The van der Waals surface area contributed by atoms with Crippen molar-refractivity contribution in [2.45, 2.75) is 26.8 Å². The van der Waals surface area contributed by atoms with Crippen molar-refractivity contribution >= 4 is 16.6 Å². The van der Waals surface area contributed by atoms with Gasteiger partial charge in [0, 0.05) is 36.1 Å². The highest BCUT2D eigenvalue weighted by atomic mass is 15.3. The fourth-order valence-corrected chi connectivity index (χ4v) is 2.58. The predicted octanol–water partition coefficient (Wildman–Crippen LogP) is 2.85. The van der Waals surface area contributed by atoms with E-state index in [1.54, 1.807) is 0 Å². The topological polar surface area (TPSA) is 55.6 Å². The Bertz CT molecular complexity index is 775. The SMILES string of the molecule is CCc1nn(C)cc1CNc1nnc(C)c2ccccc12. The molecule has 0 saturated heterocycles. The van der Waals surface area contributed by atoms with Gasteiger partial charge in [-0.2, -0.15) is 10.2 Å². The number of anilines is 1. The number of hydrogen-bond donors (Lipinski definition) is 1. The van der Waals surface area contributed by atoms with Crippen LogP contribution >= 0.6 is 0 Å². The summed E-state index contributed by atoms with van der Waals surface area (Å²) in [5.74, 6) is 0.821. The van der Waals surface area contributed by atoms with Gasteiger partial charge in [0.05, 0.1) is 11.4 Å². The molecular formula is C16H19N5. The molecule has 0 radical (unpaired) electrons. The molecule has 0 fully saturated rings. The summed E-state index contributed by atoms with van der Waals surface area (Å²) in [7, 11) is 1.95. The van der Waals surface area contributed by atoms with Crippen molar-refractivity contribution in [3.63, 3.8) is 0 Å². The largest absolute Gasteiger partial charge is 0.364 e. The Morgan fingerprint density at radius 3 is 2.67 bits per heavy atom. The summed E-state index contributed by atoms with van der Waals surface area (Å²) in [6.45, 7) is 4.81. The minimum absolute atomic E-state index is 0.707. The molecular weight excluding hydrogens is 262 g/mol. The van der Waals surface area contributed by atoms with Crippen LogP contribution in [0.5, 0.6) is 0 Å². The first-order valence-corrected chi connectivity index (χ1v) is 7.16. The number of nitrogens with zero attached hydrogens (tertiary/aromatic N) is 4. The van der Waals surface area contributed by atoms with Crippen LogP contribution in [0, 0.1) is 6.92 Å². The van der Waals surface area contributed by atoms with Gasteiger partial charge in [0.2, 0.25) is 0 Å². The summed E-state index contributed by atoms with van der Waals surface area (Å²) in [5, 5.41) is 18.6. The standard InChI is InChI=1S/C16H19N5/c1-4-15-12(10-21(3)20-15)9-17-16-14-8-6-5-7-13(14)11(2)18-19-16/h5-8,10H,4,9H2,1-3H3,(H,17,19). The molecule has 3 aromatic rings. The Kier molecular flexibility index (Phi) is 3.56. The van der Waals surface area contributed by atoms with Crippen LogP contribution in [0.15, 0.2) is 30.5 Å². The molecule has 0 aliphatic rings. The second kappa shape index (κ2) is 5.52. The van der Waals surface area contributed by atoms with Crippen LogP contribution in [0.1, 0.15) is 23.9 Å². The van der Waals surface area contributed by atoms with Crippen molar-refractivity contribution in [1.29, 1.82) is 0 Å². The lowest BCUT2D eigenvalue weighted by molar-refractivity contribution is 0.746. The van der Waals surface area contributed by atoms with E-state index in [1.807, 2.05) is 30.8 Å². The lowest BCUT2D eigenvalue weighted by atomic mass is 10.1. The average Bonchev–Trinajstić information content (AvgIpc) is 2.87. The van der Waals surface area contributed by atoms with Crippen LogP contribution in [-0.4, -0.2) is 20.0 Å². The van der Waals surface area contributed by atoms with Crippen LogP contribution in [0.25, 0.3) is 10.8 Å². The zero-order chi connectivity index (χ0) is 14.8. The zero-order valence-corrected chi connectivity index (χ0v) is 12.6. The number of rotatable bonds is 4. The summed E-state index contributed by atoms with van der Waals surface area (Å²) >= 11 is 0. The first-order chi connectivity index (χ1) is 10.2. The maximum Gasteiger partial charge on any atom is 0.156 e. The van der Waals surface area contributed by atoms with Gasteiger partial charge < -0.3 is 5.32 Å². The molecule has 21 heavy (non-hydrogen) atoms. The highest BCUT2D eigenvalue weighted by Gasteiger charge is 2.09. The smallest absolute Gasteiger partial charge is 0.156 e. The minimum atomic E-state index is 0.707. The maximum absolute atomic E-state index is 4.46. The van der Waals surface area contributed by atoms with Crippen LogP contribution in [0.4, 0.5) is 5.82 Å². The molecule has 0 atom stereocenters. The summed E-state index contributed by atoms with van der Waals surface area (Å²) in [5.41, 5.74) is 3.27. The average molecular weight is 281 g/mol. The Hall–Kier alpha value is -2.43. The third-order valence-electron chi connectivity index (χ3n) is 3.64. The highest BCUT2D eigenvalue weighted by Crippen LogP contribution is 2.23. The molecule has 0 saturated carbocycles. The molecule has 0 aliphatic carbocycles. The minimum Gasteiger partial charge on any atom is -0.364 e. The molecule has 2 aromatic heterocycles. The van der Waals surface area contributed by atoms with E-state index in [0.29, 0.717) is 6.54 Å². The molecule has 108 valence electrons. The van der Waals surface area contributed by atoms with Gasteiger partial charge in [0.15, 0.2) is 5.82 Å². The van der Waals surface area contributed by atoms with Crippen molar-refractivity contribution in [1.82, 2.24) is 20.0 Å². The van der Waals surface area contributed by atoms with E-state index >= 15 is 0 Å². The van der Waals surface area contributed by atoms with Crippen LogP contribution < -0.4 is 5.32 Å². The van der Waals surface area contributed by atoms with Gasteiger partial charge in [-0.1, -0.05) is 31.2 Å². The number of fused-ring (bicyclic) bond motifs is 1. The van der Waals surface area contributed by atoms with Gasteiger partial charge in [0.25, 0.3) is 0 Å². The quantitative estimate of drug-likeness (QED) is 0.799. The second-order valence-electron chi connectivity index (χ2n) is 5.16. The van der Waals surface area contributed by atoms with Crippen LogP contribution in [0.2, 0.25) is 0 Å². The summed E-state index contributed by atoms with van der Waals surface area (Å²) in [4.78, 5) is 0.